The molecule has 3 rings (SSSR count). The summed E-state index contributed by atoms with van der Waals surface area (Å²) < 4.78 is 15.4. The van der Waals surface area contributed by atoms with Gasteiger partial charge >= 0.3 is 0 Å². The Labute approximate surface area is 137 Å². The molecule has 0 aliphatic rings. The molecule has 0 amide bonds. The summed E-state index contributed by atoms with van der Waals surface area (Å²) in [5, 5.41) is 8.07. The Bertz CT molecular complexity index is 891. The molecule has 1 heterocycles. The minimum Gasteiger partial charge on any atom is -0.294 e. The number of carbonyl (C=O) groups excluding carboxylic acids is 1. The number of benzene rings is 2. The fraction of sp³-hybridized carbons (Fsp3) is 0.118. The molecule has 0 aliphatic heterocycles. The Morgan fingerprint density at radius 2 is 1.91 bits per heavy atom. The van der Waals surface area contributed by atoms with Crippen LogP contribution in [-0.2, 0) is 0 Å². The molecule has 23 heavy (non-hydrogen) atoms. The monoisotopic (exact) mass is 329 g/mol. The normalized spacial score (nSPS) is 10.8. The van der Waals surface area contributed by atoms with Gasteiger partial charge in [-0.15, -0.1) is 10.2 Å². The highest BCUT2D eigenvalue weighted by molar-refractivity contribution is 6.32. The predicted molar refractivity (Wildman–Crippen MR) is 86.5 cm³/mol. The summed E-state index contributed by atoms with van der Waals surface area (Å²) in [7, 11) is 0. The van der Waals surface area contributed by atoms with Crippen LogP contribution in [0.4, 0.5) is 4.39 Å². The molecule has 3 aromatic rings. The Morgan fingerprint density at radius 1 is 1.22 bits per heavy atom. The third-order valence-corrected chi connectivity index (χ3v) is 4.05. The molecule has 0 saturated heterocycles. The summed E-state index contributed by atoms with van der Waals surface area (Å²) >= 11 is 6.29. The fourth-order valence-electron chi connectivity index (χ4n) is 2.59. The lowest BCUT2D eigenvalue weighted by molar-refractivity contribution is 0.101. The van der Waals surface area contributed by atoms with Gasteiger partial charge in [0.1, 0.15) is 18.5 Å². The molecule has 0 spiro atoms. The summed E-state index contributed by atoms with van der Waals surface area (Å²) in [5.74, 6) is -0.528. The molecule has 0 fully saturated rings. The van der Waals surface area contributed by atoms with Gasteiger partial charge in [0.2, 0.25) is 0 Å². The number of Topliss-reactive ketones (excluding diaryl/α,β-unsaturated/α-hetero) is 1. The van der Waals surface area contributed by atoms with Crippen LogP contribution < -0.4 is 0 Å². The highest BCUT2D eigenvalue weighted by Crippen LogP contribution is 2.37. The molecule has 0 unspecified atom stereocenters. The zero-order valence-corrected chi connectivity index (χ0v) is 13.3. The third kappa shape index (κ3) is 2.75. The number of hydrogen-bond donors (Lipinski definition) is 0. The first-order valence-corrected chi connectivity index (χ1v) is 7.32. The van der Waals surface area contributed by atoms with Gasteiger partial charge in [0.05, 0.1) is 5.69 Å². The van der Waals surface area contributed by atoms with E-state index in [0.29, 0.717) is 27.4 Å². The van der Waals surface area contributed by atoms with Crippen LogP contribution in [0.2, 0.25) is 5.02 Å². The molecule has 6 heteroatoms. The van der Waals surface area contributed by atoms with Gasteiger partial charge in [-0.1, -0.05) is 23.7 Å². The molecule has 0 N–H and O–H groups in total. The van der Waals surface area contributed by atoms with E-state index in [1.54, 1.807) is 22.8 Å². The molecule has 0 aliphatic carbocycles. The van der Waals surface area contributed by atoms with Gasteiger partial charge < -0.3 is 0 Å². The van der Waals surface area contributed by atoms with E-state index >= 15 is 0 Å². The average molecular weight is 330 g/mol. The van der Waals surface area contributed by atoms with E-state index < -0.39 is 0 Å². The third-order valence-electron chi connectivity index (χ3n) is 3.66. The number of carbonyl (C=O) groups is 1. The first-order valence-electron chi connectivity index (χ1n) is 6.94. The molecule has 0 saturated carbocycles. The maximum atomic E-state index is 13.7. The quantitative estimate of drug-likeness (QED) is 0.675. The Kier molecular flexibility index (Phi) is 3.96. The highest BCUT2D eigenvalue weighted by atomic mass is 35.5. The first-order chi connectivity index (χ1) is 11.0. The zero-order valence-electron chi connectivity index (χ0n) is 12.5. The summed E-state index contributed by atoms with van der Waals surface area (Å²) in [5.41, 5.74) is 3.06. The van der Waals surface area contributed by atoms with Gasteiger partial charge in [0.15, 0.2) is 5.78 Å². The molecule has 116 valence electrons. The van der Waals surface area contributed by atoms with Crippen LogP contribution >= 0.6 is 11.6 Å². The van der Waals surface area contributed by atoms with Crippen LogP contribution in [0.15, 0.2) is 43.0 Å². The molecule has 0 bridgehead atoms. The molecule has 1 aromatic heterocycles. The smallest absolute Gasteiger partial charge is 0.160 e. The SMILES string of the molecule is CC(=O)c1cc(Cl)c(C)c(-n2cnnc2)c1-c1cccc(F)c1. The second-order valence-corrected chi connectivity index (χ2v) is 5.60. The van der Waals surface area contributed by atoms with Crippen molar-refractivity contribution < 1.29 is 9.18 Å². The van der Waals surface area contributed by atoms with Crippen molar-refractivity contribution in [3.05, 3.63) is 65.0 Å². The van der Waals surface area contributed by atoms with Crippen molar-refractivity contribution in [3.8, 4) is 16.8 Å². The van der Waals surface area contributed by atoms with E-state index in [1.165, 1.54) is 31.7 Å². The van der Waals surface area contributed by atoms with Gasteiger partial charge in [0, 0.05) is 16.1 Å². The van der Waals surface area contributed by atoms with Crippen LogP contribution in [0, 0.1) is 12.7 Å². The summed E-state index contributed by atoms with van der Waals surface area (Å²) in [4.78, 5) is 12.1. The van der Waals surface area contributed by atoms with Crippen LogP contribution in [0.3, 0.4) is 0 Å². The average Bonchev–Trinajstić information content (AvgIpc) is 3.03. The fourth-order valence-corrected chi connectivity index (χ4v) is 2.79. The summed E-state index contributed by atoms with van der Waals surface area (Å²) in [6.07, 6.45) is 3.04. The Morgan fingerprint density at radius 3 is 2.52 bits per heavy atom. The van der Waals surface area contributed by atoms with Gasteiger partial charge in [-0.05, 0) is 43.2 Å². The van der Waals surface area contributed by atoms with Crippen LogP contribution in [-0.4, -0.2) is 20.5 Å². The maximum Gasteiger partial charge on any atom is 0.160 e. The van der Waals surface area contributed by atoms with Crippen molar-refractivity contribution in [2.24, 2.45) is 0 Å². The van der Waals surface area contributed by atoms with Crippen molar-refractivity contribution >= 4 is 17.4 Å². The second kappa shape index (κ2) is 5.93. The lowest BCUT2D eigenvalue weighted by Crippen LogP contribution is -2.06. The molecule has 0 atom stereocenters. The van der Waals surface area contributed by atoms with Crippen molar-refractivity contribution in [2.45, 2.75) is 13.8 Å². The number of hydrogen-bond acceptors (Lipinski definition) is 3. The zero-order chi connectivity index (χ0) is 16.6. The number of ketones is 1. The first kappa shape index (κ1) is 15.4. The summed E-state index contributed by atoms with van der Waals surface area (Å²) in [6, 6.07) is 7.73. The molecule has 4 nitrogen and oxygen atoms in total. The van der Waals surface area contributed by atoms with Crippen LogP contribution in [0.1, 0.15) is 22.8 Å². The number of rotatable bonds is 3. The van der Waals surface area contributed by atoms with E-state index in [1.807, 2.05) is 6.92 Å². The Balaban J connectivity index is 2.44. The van der Waals surface area contributed by atoms with Crippen LogP contribution in [0.5, 0.6) is 0 Å². The van der Waals surface area contributed by atoms with Crippen molar-refractivity contribution in [1.29, 1.82) is 0 Å². The van der Waals surface area contributed by atoms with E-state index in [0.717, 1.165) is 5.56 Å². The lowest BCUT2D eigenvalue weighted by Gasteiger charge is -2.18. The van der Waals surface area contributed by atoms with Crippen molar-refractivity contribution in [2.75, 3.05) is 0 Å². The summed E-state index contributed by atoms with van der Waals surface area (Å²) in [6.45, 7) is 3.30. The van der Waals surface area contributed by atoms with Crippen LogP contribution in [0.25, 0.3) is 16.8 Å². The largest absolute Gasteiger partial charge is 0.294 e. The van der Waals surface area contributed by atoms with E-state index in [9.17, 15) is 9.18 Å². The lowest BCUT2D eigenvalue weighted by atomic mass is 9.93. The predicted octanol–water partition coefficient (Wildman–Crippen LogP) is 4.24. The number of aromatic nitrogens is 3. The minimum atomic E-state index is -0.376. The number of nitrogens with zero attached hydrogens (tertiary/aromatic N) is 3. The molecular weight excluding hydrogens is 317 g/mol. The molecule has 0 radical (unpaired) electrons. The molecular formula is C17H13ClFN3O. The van der Waals surface area contributed by atoms with Gasteiger partial charge in [-0.2, -0.15) is 0 Å². The number of halogens is 2. The maximum absolute atomic E-state index is 13.7. The van der Waals surface area contributed by atoms with Gasteiger partial charge in [-0.3, -0.25) is 9.36 Å². The topological polar surface area (TPSA) is 47.8 Å². The second-order valence-electron chi connectivity index (χ2n) is 5.19. The standard InChI is InChI=1S/C17H13ClFN3O/c1-10-15(18)7-14(11(2)23)16(12-4-3-5-13(19)6-12)17(10)22-8-20-21-9-22/h3-9H,1-2H3. The van der Waals surface area contributed by atoms with Gasteiger partial charge in [-0.25, -0.2) is 4.39 Å². The minimum absolute atomic E-state index is 0.152. The van der Waals surface area contributed by atoms with Crippen molar-refractivity contribution in [1.82, 2.24) is 14.8 Å². The highest BCUT2D eigenvalue weighted by Gasteiger charge is 2.20. The molecule has 2 aromatic carbocycles. The Hall–Kier alpha value is -2.53. The van der Waals surface area contributed by atoms with Crippen molar-refractivity contribution in [3.63, 3.8) is 0 Å². The van der Waals surface area contributed by atoms with E-state index in [2.05, 4.69) is 10.2 Å². The van der Waals surface area contributed by atoms with E-state index in [4.69, 9.17) is 11.6 Å². The van der Waals surface area contributed by atoms with Gasteiger partial charge in [0.25, 0.3) is 0 Å². The van der Waals surface area contributed by atoms with E-state index in [-0.39, 0.29) is 11.6 Å².